The van der Waals surface area contributed by atoms with Crippen LogP contribution in [-0.4, -0.2) is 27.8 Å². The van der Waals surface area contributed by atoms with Crippen LogP contribution in [0.1, 0.15) is 12.5 Å². The highest BCUT2D eigenvalue weighted by atomic mass is 15.3. The standard InChI is InChI=1S/C15H17N5/c1-3-8-16-15-18-14(10-17-19-15)20-11(2)9-12-6-4-5-7-13(12)20/h3-7,10-11H,1,8-9H2,2H3,(H,16,18,19). The van der Waals surface area contributed by atoms with Crippen LogP contribution in [0.4, 0.5) is 17.5 Å². The third-order valence-electron chi connectivity index (χ3n) is 3.40. The number of hydrogen-bond acceptors (Lipinski definition) is 5. The van der Waals surface area contributed by atoms with Crippen molar-refractivity contribution in [2.75, 3.05) is 16.8 Å². The van der Waals surface area contributed by atoms with Gasteiger partial charge in [0.1, 0.15) is 0 Å². The summed E-state index contributed by atoms with van der Waals surface area (Å²) in [6, 6.07) is 8.78. The van der Waals surface area contributed by atoms with Gasteiger partial charge in [-0.3, -0.25) is 0 Å². The van der Waals surface area contributed by atoms with Crippen LogP contribution >= 0.6 is 0 Å². The predicted molar refractivity (Wildman–Crippen MR) is 80.3 cm³/mol. The van der Waals surface area contributed by atoms with E-state index in [0.717, 1.165) is 12.2 Å². The smallest absolute Gasteiger partial charge is 0.244 e. The Morgan fingerprint density at radius 1 is 1.45 bits per heavy atom. The molecule has 1 aliphatic heterocycles. The molecular weight excluding hydrogens is 250 g/mol. The highest BCUT2D eigenvalue weighted by molar-refractivity contribution is 5.68. The molecule has 3 rings (SSSR count). The van der Waals surface area contributed by atoms with Crippen molar-refractivity contribution in [3.8, 4) is 0 Å². The SMILES string of the molecule is C=CCNc1nncc(N2c3ccccc3CC2C)n1. The van der Waals surface area contributed by atoms with Gasteiger partial charge < -0.3 is 10.2 Å². The molecule has 1 aromatic heterocycles. The second-order valence-electron chi connectivity index (χ2n) is 4.86. The number of benzene rings is 1. The fourth-order valence-corrected chi connectivity index (χ4v) is 2.56. The number of nitrogens with zero attached hydrogens (tertiary/aromatic N) is 4. The van der Waals surface area contributed by atoms with Gasteiger partial charge >= 0.3 is 0 Å². The third-order valence-corrected chi connectivity index (χ3v) is 3.40. The van der Waals surface area contributed by atoms with Gasteiger partial charge in [0.2, 0.25) is 5.95 Å². The van der Waals surface area contributed by atoms with Gasteiger partial charge in [-0.25, -0.2) is 0 Å². The van der Waals surface area contributed by atoms with Crippen molar-refractivity contribution < 1.29 is 0 Å². The second-order valence-corrected chi connectivity index (χ2v) is 4.86. The average molecular weight is 267 g/mol. The Hall–Kier alpha value is -2.43. The number of anilines is 3. The number of nitrogens with one attached hydrogen (secondary N) is 1. The molecule has 5 nitrogen and oxygen atoms in total. The summed E-state index contributed by atoms with van der Waals surface area (Å²) in [4.78, 5) is 6.75. The number of para-hydroxylation sites is 1. The van der Waals surface area contributed by atoms with Crippen LogP contribution < -0.4 is 10.2 Å². The Labute approximate surface area is 118 Å². The molecular formula is C15H17N5. The van der Waals surface area contributed by atoms with Crippen LogP contribution in [0.25, 0.3) is 0 Å². The molecule has 1 aromatic carbocycles. The first-order chi connectivity index (χ1) is 9.79. The maximum atomic E-state index is 4.53. The lowest BCUT2D eigenvalue weighted by atomic mass is 10.1. The van der Waals surface area contributed by atoms with E-state index in [1.165, 1.54) is 11.3 Å². The lowest BCUT2D eigenvalue weighted by molar-refractivity contribution is 0.744. The first-order valence-electron chi connectivity index (χ1n) is 6.71. The molecule has 0 spiro atoms. The van der Waals surface area contributed by atoms with Crippen molar-refractivity contribution in [1.82, 2.24) is 15.2 Å². The lowest BCUT2D eigenvalue weighted by Gasteiger charge is -2.23. The van der Waals surface area contributed by atoms with Gasteiger partial charge in [0, 0.05) is 18.3 Å². The van der Waals surface area contributed by atoms with E-state index in [-0.39, 0.29) is 0 Å². The molecule has 1 N–H and O–H groups in total. The number of hydrogen-bond donors (Lipinski definition) is 1. The van der Waals surface area contributed by atoms with Crippen LogP contribution in [0.5, 0.6) is 0 Å². The zero-order valence-electron chi connectivity index (χ0n) is 11.5. The fourth-order valence-electron chi connectivity index (χ4n) is 2.56. The minimum absolute atomic E-state index is 0.372. The van der Waals surface area contributed by atoms with E-state index in [4.69, 9.17) is 0 Å². The highest BCUT2D eigenvalue weighted by Crippen LogP contribution is 2.36. The van der Waals surface area contributed by atoms with E-state index in [1.54, 1.807) is 12.3 Å². The summed E-state index contributed by atoms with van der Waals surface area (Å²) >= 11 is 0. The molecule has 5 heteroatoms. The zero-order valence-corrected chi connectivity index (χ0v) is 11.5. The van der Waals surface area contributed by atoms with Crippen LogP contribution in [-0.2, 0) is 6.42 Å². The molecule has 20 heavy (non-hydrogen) atoms. The van der Waals surface area contributed by atoms with Crippen molar-refractivity contribution in [2.24, 2.45) is 0 Å². The van der Waals surface area contributed by atoms with Gasteiger partial charge in [-0.2, -0.15) is 10.1 Å². The summed E-state index contributed by atoms with van der Waals surface area (Å²) in [6.45, 7) is 6.48. The van der Waals surface area contributed by atoms with E-state index >= 15 is 0 Å². The quantitative estimate of drug-likeness (QED) is 0.863. The third kappa shape index (κ3) is 2.22. The first kappa shape index (κ1) is 12.6. The van der Waals surface area contributed by atoms with Gasteiger partial charge in [-0.05, 0) is 25.0 Å². The largest absolute Gasteiger partial charge is 0.349 e. The highest BCUT2D eigenvalue weighted by Gasteiger charge is 2.28. The number of fused-ring (bicyclic) bond motifs is 1. The molecule has 0 aliphatic carbocycles. The molecule has 0 amide bonds. The Kier molecular flexibility index (Phi) is 3.33. The Balaban J connectivity index is 1.94. The maximum Gasteiger partial charge on any atom is 0.244 e. The van der Waals surface area contributed by atoms with Crippen molar-refractivity contribution in [3.63, 3.8) is 0 Å². The Bertz CT molecular complexity index is 625. The van der Waals surface area contributed by atoms with Crippen molar-refractivity contribution in [1.29, 1.82) is 0 Å². The van der Waals surface area contributed by atoms with E-state index in [0.29, 0.717) is 18.5 Å². The van der Waals surface area contributed by atoms with E-state index in [1.807, 2.05) is 0 Å². The number of rotatable bonds is 4. The zero-order chi connectivity index (χ0) is 13.9. The molecule has 102 valence electrons. The summed E-state index contributed by atoms with van der Waals surface area (Å²) in [7, 11) is 0. The predicted octanol–water partition coefficient (Wildman–Crippen LogP) is 2.55. The lowest BCUT2D eigenvalue weighted by Crippen LogP contribution is -2.25. The van der Waals surface area contributed by atoms with Gasteiger partial charge in [0.25, 0.3) is 0 Å². The van der Waals surface area contributed by atoms with Crippen molar-refractivity contribution in [3.05, 3.63) is 48.7 Å². The molecule has 2 heterocycles. The fraction of sp³-hybridized carbons (Fsp3) is 0.267. The van der Waals surface area contributed by atoms with Crippen molar-refractivity contribution >= 4 is 17.5 Å². The molecule has 0 radical (unpaired) electrons. The van der Waals surface area contributed by atoms with Crippen LogP contribution in [0.15, 0.2) is 43.1 Å². The van der Waals surface area contributed by atoms with Gasteiger partial charge in [-0.1, -0.05) is 24.3 Å². The Morgan fingerprint density at radius 2 is 2.30 bits per heavy atom. The maximum absolute atomic E-state index is 4.53. The molecule has 1 atom stereocenters. The van der Waals surface area contributed by atoms with Crippen molar-refractivity contribution in [2.45, 2.75) is 19.4 Å². The molecule has 0 bridgehead atoms. The van der Waals surface area contributed by atoms with Crippen LogP contribution in [0.3, 0.4) is 0 Å². The topological polar surface area (TPSA) is 53.9 Å². The summed E-state index contributed by atoms with van der Waals surface area (Å²) in [6.07, 6.45) is 4.50. The van der Waals surface area contributed by atoms with Gasteiger partial charge in [-0.15, -0.1) is 11.7 Å². The van der Waals surface area contributed by atoms with E-state index < -0.39 is 0 Å². The minimum Gasteiger partial charge on any atom is -0.349 e. The summed E-state index contributed by atoms with van der Waals surface area (Å²) < 4.78 is 0. The molecule has 2 aromatic rings. The van der Waals surface area contributed by atoms with Gasteiger partial charge in [0.15, 0.2) is 5.82 Å². The van der Waals surface area contributed by atoms with E-state index in [9.17, 15) is 0 Å². The second kappa shape index (κ2) is 5.28. The monoisotopic (exact) mass is 267 g/mol. The molecule has 0 saturated carbocycles. The molecule has 0 fully saturated rings. The number of aromatic nitrogens is 3. The summed E-state index contributed by atoms with van der Waals surface area (Å²) in [5, 5.41) is 11.1. The van der Waals surface area contributed by atoms with Crippen LogP contribution in [0, 0.1) is 0 Å². The molecule has 1 unspecified atom stereocenters. The molecule has 0 saturated heterocycles. The summed E-state index contributed by atoms with van der Waals surface area (Å²) in [5.74, 6) is 1.35. The normalized spacial score (nSPS) is 16.9. The average Bonchev–Trinajstić information content (AvgIpc) is 2.81. The van der Waals surface area contributed by atoms with E-state index in [2.05, 4.69) is 63.2 Å². The Morgan fingerprint density at radius 3 is 3.15 bits per heavy atom. The van der Waals surface area contributed by atoms with Gasteiger partial charge in [0.05, 0.1) is 6.20 Å². The first-order valence-corrected chi connectivity index (χ1v) is 6.71. The molecule has 1 aliphatic rings. The summed E-state index contributed by atoms with van der Waals surface area (Å²) in [5.41, 5.74) is 2.55. The minimum atomic E-state index is 0.372. The van der Waals surface area contributed by atoms with Crippen LogP contribution in [0.2, 0.25) is 0 Å².